The van der Waals surface area contributed by atoms with E-state index in [9.17, 15) is 24.3 Å². The van der Waals surface area contributed by atoms with Crippen LogP contribution < -0.4 is 10.3 Å². The van der Waals surface area contributed by atoms with E-state index in [4.69, 9.17) is 26.8 Å². The first-order valence-electron chi connectivity index (χ1n) is 14.2. The molecular weight excluding hydrogens is 630 g/mol. The number of aliphatic hydroxyl groups is 1. The molecule has 236 valence electrons. The number of carbonyl (C=O) groups excluding carboxylic acids is 4. The van der Waals surface area contributed by atoms with E-state index in [2.05, 4.69) is 13.2 Å². The van der Waals surface area contributed by atoms with Crippen molar-refractivity contribution in [1.29, 1.82) is 0 Å². The molecule has 3 amide bonds. The summed E-state index contributed by atoms with van der Waals surface area (Å²) in [6.07, 6.45) is 6.41. The van der Waals surface area contributed by atoms with E-state index in [0.717, 1.165) is 9.71 Å². The van der Waals surface area contributed by atoms with Gasteiger partial charge in [0.25, 0.3) is 5.91 Å². The van der Waals surface area contributed by atoms with Crippen LogP contribution >= 0.6 is 34.7 Å². The number of hydrogen-bond donors (Lipinski definition) is 2. The van der Waals surface area contributed by atoms with Crippen LogP contribution in [-0.2, 0) is 36.8 Å². The van der Waals surface area contributed by atoms with E-state index >= 15 is 0 Å². The number of aliphatic hydroxyl groups excluding tert-OH is 1. The summed E-state index contributed by atoms with van der Waals surface area (Å²) < 4.78 is 14.1. The van der Waals surface area contributed by atoms with Gasteiger partial charge in [-0.15, -0.1) is 11.8 Å². The maximum absolute atomic E-state index is 13.2. The molecule has 0 aliphatic carbocycles. The lowest BCUT2D eigenvalue weighted by Crippen LogP contribution is -2.63. The van der Waals surface area contributed by atoms with E-state index in [-0.39, 0.29) is 54.6 Å². The lowest BCUT2D eigenvalue weighted by Gasteiger charge is -2.46. The molecule has 3 aliphatic heterocycles. The van der Waals surface area contributed by atoms with Crippen molar-refractivity contribution in [1.82, 2.24) is 14.2 Å². The fraction of sp³-hybridized carbons (Fsp3) is 0.483. The molecule has 15 heteroatoms. The molecule has 2 saturated heterocycles. The number of thioether (sulfide) groups is 1. The Morgan fingerprint density at radius 2 is 2.00 bits per heavy atom. The summed E-state index contributed by atoms with van der Waals surface area (Å²) in [4.78, 5) is 56.4. The average molecular weight is 665 g/mol. The third-order valence-corrected chi connectivity index (χ3v) is 11.0. The Bertz CT molecular complexity index is 1550. The van der Waals surface area contributed by atoms with E-state index in [1.807, 2.05) is 13.1 Å². The molecule has 3 N–H and O–H groups in total. The number of hydrogen-bond acceptors (Lipinski definition) is 9. The van der Waals surface area contributed by atoms with E-state index in [1.54, 1.807) is 27.0 Å². The molecule has 0 saturated carbocycles. The summed E-state index contributed by atoms with van der Waals surface area (Å²) in [5, 5.41) is 10.5. The molecule has 12 nitrogen and oxygen atoms in total. The first-order chi connectivity index (χ1) is 21.0. The quantitative estimate of drug-likeness (QED) is 0.152. The predicted octanol–water partition coefficient (Wildman–Crippen LogP) is 2.27. The topological polar surface area (TPSA) is 148 Å². The number of primary amides is 1. The Morgan fingerprint density at radius 1 is 1.30 bits per heavy atom. The summed E-state index contributed by atoms with van der Waals surface area (Å²) in [5.74, 6) is -2.24. The maximum atomic E-state index is 13.2. The first kappa shape index (κ1) is 32.1. The van der Waals surface area contributed by atoms with Gasteiger partial charge in [0, 0.05) is 46.7 Å². The molecule has 3 aliphatic rings. The van der Waals surface area contributed by atoms with Crippen LogP contribution in [0.1, 0.15) is 25.1 Å². The molecule has 0 bridgehead atoms. The second kappa shape index (κ2) is 13.0. The minimum atomic E-state index is -0.858. The molecule has 0 radical (unpaired) electrons. The van der Waals surface area contributed by atoms with Gasteiger partial charge in [0.1, 0.15) is 25.1 Å². The highest BCUT2D eigenvalue weighted by Crippen LogP contribution is 2.52. The number of carbonyl (C=O) groups is 4. The predicted molar refractivity (Wildman–Crippen MR) is 165 cm³/mol. The van der Waals surface area contributed by atoms with Crippen molar-refractivity contribution in [2.24, 2.45) is 17.6 Å². The summed E-state index contributed by atoms with van der Waals surface area (Å²) >= 11 is 9.44. The van der Waals surface area contributed by atoms with Gasteiger partial charge in [0.05, 0.1) is 22.9 Å². The van der Waals surface area contributed by atoms with E-state index < -0.39 is 30.0 Å². The van der Waals surface area contributed by atoms with Crippen LogP contribution in [0.5, 0.6) is 0 Å². The molecule has 2 aromatic heterocycles. The van der Waals surface area contributed by atoms with Crippen molar-refractivity contribution in [2.75, 3.05) is 19.8 Å². The zero-order chi connectivity index (χ0) is 31.9. The van der Waals surface area contributed by atoms with Crippen molar-refractivity contribution in [2.45, 2.75) is 56.7 Å². The Hall–Kier alpha value is -3.33. The third-order valence-electron chi connectivity index (χ3n) is 8.07. The monoisotopic (exact) mass is 664 g/mol. The van der Waals surface area contributed by atoms with Gasteiger partial charge in [0.15, 0.2) is 12.7 Å². The van der Waals surface area contributed by atoms with Crippen LogP contribution in [0.25, 0.3) is 4.83 Å². The molecule has 2 aromatic rings. The number of aromatic nitrogens is 2. The maximum Gasteiger partial charge on any atom is 0.410 e. The number of halogens is 1. The van der Waals surface area contributed by atoms with Gasteiger partial charge < -0.3 is 30.1 Å². The number of nitrogens with two attached hydrogens (primary N) is 1. The number of fused-ring (bicyclic) bond motifs is 2. The fourth-order valence-corrected chi connectivity index (χ4v) is 9.20. The second-order valence-electron chi connectivity index (χ2n) is 11.1. The van der Waals surface area contributed by atoms with E-state index in [0.29, 0.717) is 29.6 Å². The van der Waals surface area contributed by atoms with Crippen LogP contribution in [0, 0.1) is 11.8 Å². The Morgan fingerprint density at radius 3 is 2.64 bits per heavy atom. The average Bonchev–Trinajstić information content (AvgIpc) is 3.68. The normalized spacial score (nSPS) is 25.2. The van der Waals surface area contributed by atoms with Gasteiger partial charge in [-0.2, -0.15) is 4.40 Å². The number of imidazole rings is 1. The highest BCUT2D eigenvalue weighted by Gasteiger charge is 2.60. The molecule has 0 spiro atoms. The van der Waals surface area contributed by atoms with Crippen LogP contribution in [0.15, 0.2) is 48.3 Å². The van der Waals surface area contributed by atoms with Crippen molar-refractivity contribution in [3.63, 3.8) is 0 Å². The third kappa shape index (κ3) is 5.87. The summed E-state index contributed by atoms with van der Waals surface area (Å²) in [5.41, 5.74) is 5.53. The van der Waals surface area contributed by atoms with Crippen molar-refractivity contribution < 1.29 is 38.3 Å². The lowest BCUT2D eigenvalue weighted by molar-refractivity contribution is -0.680. The number of esters is 1. The number of rotatable bonds is 12. The molecular formula is C29H35ClN5O7S2+. The zero-order valence-electron chi connectivity index (χ0n) is 24.4. The van der Waals surface area contributed by atoms with Crippen molar-refractivity contribution in [3.8, 4) is 0 Å². The SMILES string of the molecule is C=CCOC(=O)C1=C(S[C@H]2C[C@@H](Cc3cn4c(Cl)[n+](CC(N)=O)cc4s3)N(C(=O)OCC=C)C2)[C@H](C)[C@@H]2[C@@H]([C@@H](C)O)C(=O)N12. The summed E-state index contributed by atoms with van der Waals surface area (Å²) in [7, 11) is 0. The number of ether oxygens (including phenoxy) is 2. The lowest BCUT2D eigenvalue weighted by atomic mass is 9.79. The van der Waals surface area contributed by atoms with Crippen LogP contribution in [0.2, 0.25) is 5.28 Å². The highest BCUT2D eigenvalue weighted by atomic mass is 35.5. The highest BCUT2D eigenvalue weighted by molar-refractivity contribution is 8.03. The molecule has 6 atom stereocenters. The Kier molecular flexibility index (Phi) is 9.44. The van der Waals surface area contributed by atoms with Gasteiger partial charge in [-0.3, -0.25) is 9.59 Å². The Balaban J connectivity index is 1.40. The van der Waals surface area contributed by atoms with Crippen LogP contribution in [-0.4, -0.2) is 86.4 Å². The number of amides is 3. The number of nitrogens with zero attached hydrogens (tertiary/aromatic N) is 4. The molecule has 2 fully saturated rings. The molecule has 5 heterocycles. The largest absolute Gasteiger partial charge is 0.457 e. The molecule has 0 aromatic carbocycles. The van der Waals surface area contributed by atoms with Crippen LogP contribution in [0.4, 0.5) is 4.79 Å². The Labute approximate surface area is 267 Å². The van der Waals surface area contributed by atoms with Gasteiger partial charge in [-0.05, 0) is 13.3 Å². The molecule has 44 heavy (non-hydrogen) atoms. The molecule has 0 unspecified atom stereocenters. The number of thiazole rings is 1. The summed E-state index contributed by atoms with van der Waals surface area (Å²) in [6, 6.07) is -0.568. The minimum absolute atomic E-state index is 0.00240. The van der Waals surface area contributed by atoms with Crippen molar-refractivity contribution >= 4 is 63.4 Å². The van der Waals surface area contributed by atoms with E-state index in [1.165, 1.54) is 40.2 Å². The number of likely N-dealkylation sites (tertiary alicyclic amines) is 1. The number of β-lactam (4-membered cyclic amide) rings is 1. The summed E-state index contributed by atoms with van der Waals surface area (Å²) in [6.45, 7) is 11.1. The fourth-order valence-electron chi connectivity index (χ4n) is 6.22. The smallest absolute Gasteiger partial charge is 0.410 e. The van der Waals surface area contributed by atoms with Gasteiger partial charge >= 0.3 is 17.3 Å². The van der Waals surface area contributed by atoms with Gasteiger partial charge in [0.2, 0.25) is 10.7 Å². The zero-order valence-corrected chi connectivity index (χ0v) is 26.8. The van der Waals surface area contributed by atoms with Gasteiger partial charge in [-0.1, -0.05) is 43.6 Å². The molecule has 5 rings (SSSR count). The first-order valence-corrected chi connectivity index (χ1v) is 16.2. The standard InChI is InChI=1S/C29H34ClN5O7S2/c1-5-7-41-27(39)24-25(15(3)23-22(16(4)36)26(38)35(23)24)44-19-10-17(33(11-19)29(40)42-8-6-2)9-18-12-34-21(43-18)14-32(28(34)30)13-20(31)37/h5-6,12,14-17,19,22-23,36H,1-2,7-11,13H2,3-4H3,(H-,31,37)/p+1/t15-,16-,17-,19+,22-,23-/m1/s1. The second-order valence-corrected chi connectivity index (χ2v) is 13.9. The van der Waals surface area contributed by atoms with Gasteiger partial charge in [-0.25, -0.2) is 14.2 Å². The van der Waals surface area contributed by atoms with Crippen LogP contribution in [0.3, 0.4) is 0 Å². The minimum Gasteiger partial charge on any atom is -0.457 e. The van der Waals surface area contributed by atoms with Crippen molar-refractivity contribution in [3.05, 3.63) is 58.5 Å².